The Morgan fingerprint density at radius 1 is 1.30 bits per heavy atom. The molecule has 0 spiro atoms. The summed E-state index contributed by atoms with van der Waals surface area (Å²) in [5.41, 5.74) is 2.78. The van der Waals surface area contributed by atoms with Gasteiger partial charge in [0.1, 0.15) is 12.3 Å². The van der Waals surface area contributed by atoms with Crippen molar-refractivity contribution in [2.45, 2.75) is 13.8 Å². The molecule has 2 heterocycles. The quantitative estimate of drug-likeness (QED) is 0.423. The average molecular weight is 561 g/mol. The molecule has 1 aromatic carbocycles. The number of hydrogen-bond donors (Lipinski definition) is 1. The molecule has 1 aliphatic heterocycles. The number of carbonyl (C=O) groups is 3. The topological polar surface area (TPSA) is 79.6 Å². The van der Waals surface area contributed by atoms with Crippen LogP contribution < -0.4 is 5.32 Å². The van der Waals surface area contributed by atoms with Crippen molar-refractivity contribution >= 4 is 79.1 Å². The lowest BCUT2D eigenvalue weighted by Crippen LogP contribution is -2.36. The maximum Gasteiger partial charge on any atom is 0.294 e. The Hall–Kier alpha value is -1.59. The third-order valence-corrected chi connectivity index (χ3v) is 6.94. The first-order chi connectivity index (χ1) is 12.7. The Bertz CT molecular complexity index is 966. The molecule has 1 N–H and O–H groups in total. The lowest BCUT2D eigenvalue weighted by atomic mass is 10.1. The van der Waals surface area contributed by atoms with Gasteiger partial charge in [-0.1, -0.05) is 6.07 Å². The van der Waals surface area contributed by atoms with Crippen molar-refractivity contribution in [1.29, 1.82) is 0 Å². The Kier molecular flexibility index (Phi) is 6.11. The zero-order valence-electron chi connectivity index (χ0n) is 14.3. The van der Waals surface area contributed by atoms with Gasteiger partial charge in [-0.05, 0) is 70.9 Å². The van der Waals surface area contributed by atoms with E-state index in [2.05, 4.69) is 21.2 Å². The first-order valence-corrected chi connectivity index (χ1v) is 10.5. The summed E-state index contributed by atoms with van der Waals surface area (Å²) in [6, 6.07) is 7.24. The Labute approximate surface area is 182 Å². The molecule has 1 fully saturated rings. The van der Waals surface area contributed by atoms with Gasteiger partial charge < -0.3 is 9.73 Å². The number of amides is 3. The van der Waals surface area contributed by atoms with E-state index in [-0.39, 0.29) is 11.4 Å². The van der Waals surface area contributed by atoms with Crippen molar-refractivity contribution in [3.63, 3.8) is 0 Å². The van der Waals surface area contributed by atoms with Crippen LogP contribution in [0.15, 0.2) is 38.1 Å². The third kappa shape index (κ3) is 4.64. The highest BCUT2D eigenvalue weighted by atomic mass is 127. The van der Waals surface area contributed by atoms with Gasteiger partial charge >= 0.3 is 0 Å². The van der Waals surface area contributed by atoms with Crippen molar-refractivity contribution in [1.82, 2.24) is 4.90 Å². The number of rotatable bonds is 4. The maximum absolute atomic E-state index is 12.5. The van der Waals surface area contributed by atoms with Crippen LogP contribution in [0.2, 0.25) is 0 Å². The number of anilines is 1. The van der Waals surface area contributed by atoms with Crippen molar-refractivity contribution in [2.75, 3.05) is 11.9 Å². The molecule has 0 aliphatic carbocycles. The molecule has 0 radical (unpaired) electrons. The smallest absolute Gasteiger partial charge is 0.294 e. The summed E-state index contributed by atoms with van der Waals surface area (Å²) in [6.45, 7) is 3.58. The number of nitrogens with zero attached hydrogens (tertiary/aromatic N) is 1. The summed E-state index contributed by atoms with van der Waals surface area (Å²) in [4.78, 5) is 38.0. The van der Waals surface area contributed by atoms with E-state index >= 15 is 0 Å². The molecule has 1 saturated heterocycles. The van der Waals surface area contributed by atoms with E-state index in [1.807, 2.05) is 48.6 Å². The van der Waals surface area contributed by atoms with Crippen LogP contribution in [-0.2, 0) is 9.59 Å². The summed E-state index contributed by atoms with van der Waals surface area (Å²) in [6.07, 6.45) is 1.50. The minimum absolute atomic E-state index is 0.219. The van der Waals surface area contributed by atoms with Crippen LogP contribution in [0.1, 0.15) is 16.9 Å². The second-order valence-corrected chi connectivity index (χ2v) is 8.71. The summed E-state index contributed by atoms with van der Waals surface area (Å²) in [5.74, 6) is -0.490. The monoisotopic (exact) mass is 560 g/mol. The van der Waals surface area contributed by atoms with Gasteiger partial charge in [0.15, 0.2) is 3.77 Å². The number of halogens is 2. The van der Waals surface area contributed by atoms with Gasteiger partial charge in [-0.15, -0.1) is 0 Å². The zero-order chi connectivity index (χ0) is 19.7. The molecule has 2 aromatic rings. The van der Waals surface area contributed by atoms with Crippen molar-refractivity contribution in [2.24, 2.45) is 0 Å². The van der Waals surface area contributed by atoms with Gasteiger partial charge in [0, 0.05) is 34.4 Å². The van der Waals surface area contributed by atoms with Gasteiger partial charge in [0.25, 0.3) is 11.1 Å². The normalized spacial score (nSPS) is 15.7. The van der Waals surface area contributed by atoms with Crippen molar-refractivity contribution in [3.8, 4) is 0 Å². The predicted molar refractivity (Wildman–Crippen MR) is 116 cm³/mol. The summed E-state index contributed by atoms with van der Waals surface area (Å²) >= 11 is 6.12. The fraction of sp³-hybridized carbons (Fsp3) is 0.167. The summed E-state index contributed by atoms with van der Waals surface area (Å²) < 4.78 is 6.87. The Balaban J connectivity index is 1.69. The van der Waals surface area contributed by atoms with E-state index in [4.69, 9.17) is 4.42 Å². The molecule has 0 unspecified atom stereocenters. The van der Waals surface area contributed by atoms with Gasteiger partial charge in [-0.3, -0.25) is 19.3 Å². The molecular weight excluding hydrogens is 547 g/mol. The third-order valence-electron chi connectivity index (χ3n) is 3.90. The molecule has 9 heteroatoms. The van der Waals surface area contributed by atoms with E-state index in [1.54, 1.807) is 12.1 Å². The molecule has 0 bridgehead atoms. The summed E-state index contributed by atoms with van der Waals surface area (Å²) in [7, 11) is 0. The molecular formula is C18H14BrIN2O4S. The molecule has 1 aromatic heterocycles. The van der Waals surface area contributed by atoms with E-state index in [1.165, 1.54) is 6.08 Å². The first-order valence-electron chi connectivity index (χ1n) is 7.82. The second-order valence-electron chi connectivity index (χ2n) is 5.89. The fourth-order valence-electron chi connectivity index (χ4n) is 2.36. The van der Waals surface area contributed by atoms with Crippen LogP contribution in [0.3, 0.4) is 0 Å². The SMILES string of the molecule is Cc1ccc(NC(=O)CN2C(=O)S/C(=C\c3cc(Br)c(I)o3)C2=O)cc1C. The number of benzene rings is 1. The number of thioether (sulfide) groups is 1. The molecule has 0 saturated carbocycles. The minimum Gasteiger partial charge on any atom is -0.450 e. The molecule has 0 atom stereocenters. The van der Waals surface area contributed by atoms with Gasteiger partial charge in [0.05, 0.1) is 9.38 Å². The van der Waals surface area contributed by atoms with Crippen molar-refractivity contribution < 1.29 is 18.8 Å². The summed E-state index contributed by atoms with van der Waals surface area (Å²) in [5, 5.41) is 2.23. The molecule has 3 amide bonds. The number of aryl methyl sites for hydroxylation is 2. The number of furan rings is 1. The lowest BCUT2D eigenvalue weighted by Gasteiger charge is -2.13. The van der Waals surface area contributed by atoms with Crippen LogP contribution in [0.4, 0.5) is 10.5 Å². The number of imide groups is 1. The van der Waals surface area contributed by atoms with Gasteiger partial charge in [-0.2, -0.15) is 0 Å². The largest absolute Gasteiger partial charge is 0.450 e. The standard InChI is InChI=1S/C18H14BrIN2O4S/c1-9-3-4-11(5-10(9)2)21-15(23)8-22-17(24)14(27-18(22)25)7-12-6-13(19)16(20)26-12/h3-7H,8H2,1-2H3,(H,21,23)/b14-7-. The highest BCUT2D eigenvalue weighted by molar-refractivity contribution is 14.1. The number of carbonyl (C=O) groups excluding carboxylic acids is 3. The molecule has 1 aliphatic rings. The van der Waals surface area contributed by atoms with E-state index in [0.29, 0.717) is 15.2 Å². The molecule has 140 valence electrons. The predicted octanol–water partition coefficient (Wildman–Crippen LogP) is 4.94. The number of nitrogens with one attached hydrogen (secondary N) is 1. The van der Waals surface area contributed by atoms with E-state index in [0.717, 1.165) is 32.3 Å². The van der Waals surface area contributed by atoms with E-state index < -0.39 is 17.1 Å². The lowest BCUT2D eigenvalue weighted by molar-refractivity contribution is -0.127. The molecule has 6 nitrogen and oxygen atoms in total. The Morgan fingerprint density at radius 2 is 2.04 bits per heavy atom. The Morgan fingerprint density at radius 3 is 2.67 bits per heavy atom. The first kappa shape index (κ1) is 20.2. The fourth-order valence-corrected chi connectivity index (χ4v) is 3.90. The highest BCUT2D eigenvalue weighted by Crippen LogP contribution is 2.33. The van der Waals surface area contributed by atoms with Crippen LogP contribution >= 0.6 is 50.3 Å². The van der Waals surface area contributed by atoms with Crippen LogP contribution in [-0.4, -0.2) is 28.5 Å². The van der Waals surface area contributed by atoms with Gasteiger partial charge in [0.2, 0.25) is 5.91 Å². The van der Waals surface area contributed by atoms with Gasteiger partial charge in [-0.25, -0.2) is 0 Å². The number of hydrogen-bond acceptors (Lipinski definition) is 5. The average Bonchev–Trinajstić information content (AvgIpc) is 3.04. The van der Waals surface area contributed by atoms with E-state index in [9.17, 15) is 14.4 Å². The maximum atomic E-state index is 12.5. The molecule has 3 rings (SSSR count). The minimum atomic E-state index is -0.511. The van der Waals surface area contributed by atoms with Crippen LogP contribution in [0.25, 0.3) is 6.08 Å². The highest BCUT2D eigenvalue weighted by Gasteiger charge is 2.36. The zero-order valence-corrected chi connectivity index (χ0v) is 18.9. The second kappa shape index (κ2) is 8.19. The van der Waals surface area contributed by atoms with Crippen molar-refractivity contribution in [3.05, 3.63) is 54.3 Å². The van der Waals surface area contributed by atoms with Crippen LogP contribution in [0, 0.1) is 17.6 Å². The van der Waals surface area contributed by atoms with Crippen LogP contribution in [0.5, 0.6) is 0 Å². The molecule has 27 heavy (non-hydrogen) atoms.